The molecule has 3 aromatic heterocycles. The number of fused-ring (bicyclic) bond motifs is 4. The summed E-state index contributed by atoms with van der Waals surface area (Å²) in [6, 6.07) is 13.9. The normalized spacial score (nSPS) is 20.4. The zero-order chi connectivity index (χ0) is 41.4. The van der Waals surface area contributed by atoms with Gasteiger partial charge in [-0.15, -0.1) is 0 Å². The highest BCUT2D eigenvalue weighted by atomic mass is 35.5. The van der Waals surface area contributed by atoms with Crippen molar-refractivity contribution >= 4 is 57.2 Å². The molecule has 2 amide bonds. The number of halogens is 3. The highest BCUT2D eigenvalue weighted by molar-refractivity contribution is 6.43. The number of aromatic nitrogens is 3. The molecular weight excluding hydrogens is 782 g/mol. The van der Waals surface area contributed by atoms with Gasteiger partial charge in [-0.2, -0.15) is 5.26 Å². The summed E-state index contributed by atoms with van der Waals surface area (Å²) in [7, 11) is 1.37. The number of rotatable bonds is 7. The molecule has 1 N–H and O–H groups in total. The quantitative estimate of drug-likeness (QED) is 0.171. The minimum atomic E-state index is -1.21. The molecule has 6 heterocycles. The molecule has 3 aliphatic heterocycles. The van der Waals surface area contributed by atoms with Crippen molar-refractivity contribution in [2.45, 2.75) is 96.1 Å². The van der Waals surface area contributed by atoms with Gasteiger partial charge in [0.15, 0.2) is 5.82 Å². The first-order valence-electron chi connectivity index (χ1n) is 19.6. The van der Waals surface area contributed by atoms with Crippen LogP contribution in [0.25, 0.3) is 44.2 Å². The van der Waals surface area contributed by atoms with Crippen LogP contribution in [0.2, 0.25) is 10.0 Å². The highest BCUT2D eigenvalue weighted by Gasteiger charge is 2.57. The van der Waals surface area contributed by atoms with Gasteiger partial charge >= 0.3 is 12.2 Å². The van der Waals surface area contributed by atoms with E-state index in [1.165, 1.54) is 7.11 Å². The third kappa shape index (κ3) is 6.71. The van der Waals surface area contributed by atoms with E-state index >= 15 is 4.39 Å². The number of benzene rings is 2. The predicted molar refractivity (Wildman–Crippen MR) is 220 cm³/mol. The number of aliphatic hydroxyl groups is 1. The number of hydrogen-bond acceptors (Lipinski definition) is 8. The SMILES string of the molecule is COC(=O)N1CCC[C@@H]1c1cc2c(-c3ccc(C(C)(C)O)nc3)nc3c(F)c(-c4cccc(Cl)c4Cl)c(CCC#N)cc3c2n1[C@H]1[C@@H]2C[C@H]1N(C(=O)OC(C)(C)C)C2. The van der Waals surface area contributed by atoms with E-state index < -0.39 is 29.2 Å². The molecule has 1 saturated carbocycles. The van der Waals surface area contributed by atoms with Crippen LogP contribution in [-0.4, -0.2) is 73.5 Å². The second kappa shape index (κ2) is 14.7. The second-order valence-corrected chi connectivity index (χ2v) is 17.8. The first-order chi connectivity index (χ1) is 27.5. The van der Waals surface area contributed by atoms with Crippen molar-refractivity contribution in [3.05, 3.63) is 81.5 Å². The van der Waals surface area contributed by atoms with Crippen LogP contribution in [0.3, 0.4) is 0 Å². The fourth-order valence-electron chi connectivity index (χ4n) is 9.14. The lowest BCUT2D eigenvalue weighted by Crippen LogP contribution is -2.45. The van der Waals surface area contributed by atoms with Crippen molar-refractivity contribution in [1.29, 1.82) is 5.26 Å². The Hall–Kier alpha value is -4.96. The fourth-order valence-corrected chi connectivity index (χ4v) is 9.53. The topological polar surface area (TPSA) is 134 Å². The number of nitrogens with zero attached hydrogens (tertiary/aromatic N) is 6. The first kappa shape index (κ1) is 39.8. The molecule has 11 nitrogen and oxygen atoms in total. The molecule has 2 aromatic carbocycles. The van der Waals surface area contributed by atoms with Crippen molar-refractivity contribution in [3.8, 4) is 28.5 Å². The van der Waals surface area contributed by atoms with Crippen molar-refractivity contribution in [1.82, 2.24) is 24.3 Å². The van der Waals surface area contributed by atoms with Crippen molar-refractivity contribution < 1.29 is 28.6 Å². The van der Waals surface area contributed by atoms with Crippen molar-refractivity contribution in [2.24, 2.45) is 5.92 Å². The Morgan fingerprint density at radius 1 is 1.07 bits per heavy atom. The van der Waals surface area contributed by atoms with Gasteiger partial charge in [0.05, 0.1) is 58.3 Å². The van der Waals surface area contributed by atoms with Crippen LogP contribution in [-0.2, 0) is 21.5 Å². The van der Waals surface area contributed by atoms with Gasteiger partial charge in [0.2, 0.25) is 0 Å². The number of nitriles is 1. The maximum absolute atomic E-state index is 17.8. The van der Waals surface area contributed by atoms with Crippen LogP contribution >= 0.6 is 23.2 Å². The van der Waals surface area contributed by atoms with Crippen LogP contribution in [0.15, 0.2) is 48.7 Å². The number of aryl methyl sites for hydroxylation is 1. The first-order valence-corrected chi connectivity index (χ1v) is 20.3. The van der Waals surface area contributed by atoms with Gasteiger partial charge in [-0.3, -0.25) is 9.88 Å². The Bertz CT molecular complexity index is 2520. The molecule has 14 heteroatoms. The molecule has 5 aromatic rings. The monoisotopic (exact) mass is 826 g/mol. The summed E-state index contributed by atoms with van der Waals surface area (Å²) in [5, 5.41) is 22.1. The number of amides is 2. The van der Waals surface area contributed by atoms with Gasteiger partial charge in [-0.25, -0.2) is 19.0 Å². The third-order valence-electron chi connectivity index (χ3n) is 11.7. The molecular formula is C44H45Cl2FN6O5. The summed E-state index contributed by atoms with van der Waals surface area (Å²) in [5.41, 5.74) is 2.29. The largest absolute Gasteiger partial charge is 0.453 e. The maximum Gasteiger partial charge on any atom is 0.410 e. The van der Waals surface area contributed by atoms with Gasteiger partial charge in [0, 0.05) is 64.8 Å². The third-order valence-corrected chi connectivity index (χ3v) is 12.5. The van der Waals surface area contributed by atoms with E-state index in [0.717, 1.165) is 18.5 Å². The lowest BCUT2D eigenvalue weighted by molar-refractivity contribution is 0.0208. The number of likely N-dealkylation sites (tertiary alicyclic amines) is 1. The average molecular weight is 828 g/mol. The molecule has 9 rings (SSSR count). The summed E-state index contributed by atoms with van der Waals surface area (Å²) in [6.45, 7) is 9.80. The average Bonchev–Trinajstić information content (AvgIpc) is 3.97. The molecule has 302 valence electrons. The number of carbonyl (C=O) groups is 2. The zero-order valence-electron chi connectivity index (χ0n) is 33.3. The number of pyridine rings is 2. The number of hydrogen-bond donors (Lipinski definition) is 1. The fraction of sp³-hybridized carbons (Fsp3) is 0.432. The Labute approximate surface area is 346 Å². The van der Waals surface area contributed by atoms with E-state index in [9.17, 15) is 20.0 Å². The molecule has 0 unspecified atom stereocenters. The van der Waals surface area contributed by atoms with Gasteiger partial charge < -0.3 is 24.0 Å². The van der Waals surface area contributed by atoms with Crippen LogP contribution in [0, 0.1) is 23.1 Å². The van der Waals surface area contributed by atoms with Crippen molar-refractivity contribution in [3.63, 3.8) is 0 Å². The van der Waals surface area contributed by atoms with Crippen molar-refractivity contribution in [2.75, 3.05) is 20.2 Å². The van der Waals surface area contributed by atoms with E-state index in [-0.39, 0.29) is 58.0 Å². The van der Waals surface area contributed by atoms with E-state index in [0.29, 0.717) is 63.9 Å². The Morgan fingerprint density at radius 2 is 1.84 bits per heavy atom. The zero-order valence-corrected chi connectivity index (χ0v) is 34.8. The minimum Gasteiger partial charge on any atom is -0.453 e. The van der Waals surface area contributed by atoms with Crippen LogP contribution in [0.4, 0.5) is 14.0 Å². The number of ether oxygens (including phenoxy) is 2. The standard InChI is InChI=1S/C44H45Cl2FN6O5/c1-43(2,3)58-42(55)52-22-25-19-32(52)39(25)53-31(30-13-9-17-51(30)41(54)57-6)20-28-37(24-14-15-33(49-21-24)44(4,5)56)50-38-27(40(28)53)18-23(10-8-16-48)34(36(38)47)26-11-7-12-29(45)35(26)46/h7,11-12,14-15,18,20-21,25,30,32,39,56H,8-10,13,17,19,22H2,1-6H3/t25-,30-,32-,39+/m1/s1. The highest BCUT2D eigenvalue weighted by Crippen LogP contribution is 2.55. The lowest BCUT2D eigenvalue weighted by atomic mass is 9.79. The molecule has 3 saturated heterocycles. The van der Waals surface area contributed by atoms with Gasteiger partial charge in [0.25, 0.3) is 0 Å². The molecule has 2 bridgehead atoms. The van der Waals surface area contributed by atoms with E-state index in [4.69, 9.17) is 37.7 Å². The van der Waals surface area contributed by atoms with E-state index in [1.807, 2.05) is 39.0 Å². The number of methoxy groups -OCH3 is 1. The maximum atomic E-state index is 17.8. The Kier molecular flexibility index (Phi) is 10.1. The molecule has 58 heavy (non-hydrogen) atoms. The predicted octanol–water partition coefficient (Wildman–Crippen LogP) is 10.1. The van der Waals surface area contributed by atoms with Crippen LogP contribution < -0.4 is 0 Å². The Balaban J connectivity index is 1.47. The summed E-state index contributed by atoms with van der Waals surface area (Å²) in [5.74, 6) is -0.580. The summed E-state index contributed by atoms with van der Waals surface area (Å²) >= 11 is 13.3. The second-order valence-electron chi connectivity index (χ2n) is 17.0. The smallest absolute Gasteiger partial charge is 0.410 e. The molecule has 0 radical (unpaired) electrons. The molecule has 4 aliphatic rings. The Morgan fingerprint density at radius 3 is 2.52 bits per heavy atom. The van der Waals surface area contributed by atoms with Gasteiger partial charge in [-0.05, 0) is 96.2 Å². The van der Waals surface area contributed by atoms with Gasteiger partial charge in [-0.1, -0.05) is 35.3 Å². The summed E-state index contributed by atoms with van der Waals surface area (Å²) in [4.78, 5) is 40.2. The summed E-state index contributed by atoms with van der Waals surface area (Å²) < 4.78 is 31.1. The van der Waals surface area contributed by atoms with Gasteiger partial charge in [0.1, 0.15) is 16.7 Å². The molecule has 4 atom stereocenters. The minimum absolute atomic E-state index is 0.0479. The van der Waals surface area contributed by atoms with E-state index in [2.05, 4.69) is 15.6 Å². The molecule has 4 fully saturated rings. The number of carbonyl (C=O) groups excluding carboxylic acids is 2. The van der Waals surface area contributed by atoms with Crippen LogP contribution in [0.5, 0.6) is 0 Å². The molecule has 1 aliphatic carbocycles. The molecule has 0 spiro atoms. The van der Waals surface area contributed by atoms with Crippen LogP contribution in [0.1, 0.15) is 89.3 Å². The lowest BCUT2D eigenvalue weighted by Gasteiger charge is -2.40. The summed E-state index contributed by atoms with van der Waals surface area (Å²) in [6.07, 6.45) is 3.28. The van der Waals surface area contributed by atoms with E-state index in [1.54, 1.807) is 54.1 Å².